The second kappa shape index (κ2) is 4.42. The minimum Gasteiger partial charge on any atom is -0.293 e. The summed E-state index contributed by atoms with van der Waals surface area (Å²) in [6.45, 7) is 9.46. The second-order valence-electron chi connectivity index (χ2n) is 3.20. The first kappa shape index (κ1) is 11.4. The highest BCUT2D eigenvalue weighted by Gasteiger charge is 2.31. The molecule has 4 nitrogen and oxygen atoms in total. The molecule has 0 radical (unpaired) electrons. The SMILES string of the molecule is CCN(CC)C(C)(C)C(=O)NN. The predicted molar refractivity (Wildman–Crippen MR) is 49.3 cm³/mol. The third kappa shape index (κ3) is 2.19. The Bertz CT molecular complexity index is 152. The van der Waals surface area contributed by atoms with E-state index in [9.17, 15) is 4.79 Å². The van der Waals surface area contributed by atoms with E-state index in [2.05, 4.69) is 10.3 Å². The molecule has 0 heterocycles. The summed E-state index contributed by atoms with van der Waals surface area (Å²) in [5, 5.41) is 0. The smallest absolute Gasteiger partial charge is 0.253 e. The van der Waals surface area contributed by atoms with Gasteiger partial charge in [0.15, 0.2) is 0 Å². The molecule has 1 amide bonds. The normalized spacial score (nSPS) is 11.8. The largest absolute Gasteiger partial charge is 0.293 e. The summed E-state index contributed by atoms with van der Waals surface area (Å²) < 4.78 is 0. The number of hydrogen-bond donors (Lipinski definition) is 2. The number of rotatable bonds is 4. The van der Waals surface area contributed by atoms with Crippen molar-refractivity contribution in [1.82, 2.24) is 10.3 Å². The van der Waals surface area contributed by atoms with Gasteiger partial charge in [-0.15, -0.1) is 0 Å². The van der Waals surface area contributed by atoms with Crippen molar-refractivity contribution in [1.29, 1.82) is 0 Å². The maximum atomic E-state index is 11.3. The average molecular weight is 173 g/mol. The molecule has 0 unspecified atom stereocenters. The molecule has 4 heteroatoms. The second-order valence-corrected chi connectivity index (χ2v) is 3.20. The molecule has 0 spiro atoms. The fourth-order valence-corrected chi connectivity index (χ4v) is 1.33. The molecule has 0 aromatic carbocycles. The number of likely N-dealkylation sites (N-methyl/N-ethyl adjacent to an activating group) is 1. The zero-order valence-electron chi connectivity index (χ0n) is 8.35. The van der Waals surface area contributed by atoms with Gasteiger partial charge in [0.05, 0.1) is 5.54 Å². The molecule has 0 aliphatic heterocycles. The van der Waals surface area contributed by atoms with E-state index in [1.807, 2.05) is 27.7 Å². The van der Waals surface area contributed by atoms with Crippen molar-refractivity contribution in [3.05, 3.63) is 0 Å². The number of carbonyl (C=O) groups is 1. The average Bonchev–Trinajstić information content (AvgIpc) is 2.04. The van der Waals surface area contributed by atoms with E-state index in [1.54, 1.807) is 0 Å². The Morgan fingerprint density at radius 3 is 2.08 bits per heavy atom. The lowest BCUT2D eigenvalue weighted by molar-refractivity contribution is -0.131. The molecule has 0 aromatic heterocycles. The van der Waals surface area contributed by atoms with Gasteiger partial charge in [-0.05, 0) is 26.9 Å². The van der Waals surface area contributed by atoms with Crippen LogP contribution >= 0.6 is 0 Å². The lowest BCUT2D eigenvalue weighted by Crippen LogP contribution is -2.56. The summed E-state index contributed by atoms with van der Waals surface area (Å²) in [4.78, 5) is 13.4. The molecule has 72 valence electrons. The molecule has 3 N–H and O–H groups in total. The fourth-order valence-electron chi connectivity index (χ4n) is 1.33. The fraction of sp³-hybridized carbons (Fsp3) is 0.875. The van der Waals surface area contributed by atoms with Crippen LogP contribution in [-0.2, 0) is 4.79 Å². The molecular weight excluding hydrogens is 154 g/mol. The third-order valence-electron chi connectivity index (χ3n) is 2.24. The van der Waals surface area contributed by atoms with Crippen LogP contribution in [0.5, 0.6) is 0 Å². The summed E-state index contributed by atoms with van der Waals surface area (Å²) in [6.07, 6.45) is 0. The third-order valence-corrected chi connectivity index (χ3v) is 2.24. The maximum absolute atomic E-state index is 11.3. The molecule has 0 aliphatic carbocycles. The van der Waals surface area contributed by atoms with Gasteiger partial charge in [-0.25, -0.2) is 5.84 Å². The number of carbonyl (C=O) groups excluding carboxylic acids is 1. The molecule has 0 saturated heterocycles. The number of hydrazine groups is 1. The Kier molecular flexibility index (Phi) is 4.20. The summed E-state index contributed by atoms with van der Waals surface area (Å²) in [5.74, 6) is 4.93. The Morgan fingerprint density at radius 2 is 1.83 bits per heavy atom. The Labute approximate surface area is 74.1 Å². The molecular formula is C8H19N3O. The molecule has 0 rings (SSSR count). The lowest BCUT2D eigenvalue weighted by atomic mass is 10.0. The van der Waals surface area contributed by atoms with Crippen LogP contribution in [-0.4, -0.2) is 29.4 Å². The maximum Gasteiger partial charge on any atom is 0.253 e. The summed E-state index contributed by atoms with van der Waals surface area (Å²) in [5.41, 5.74) is 1.66. The van der Waals surface area contributed by atoms with Gasteiger partial charge in [-0.2, -0.15) is 0 Å². The van der Waals surface area contributed by atoms with E-state index in [0.717, 1.165) is 13.1 Å². The van der Waals surface area contributed by atoms with Crippen LogP contribution in [0.4, 0.5) is 0 Å². The number of nitrogens with one attached hydrogen (secondary N) is 1. The number of nitrogens with zero attached hydrogens (tertiary/aromatic N) is 1. The molecule has 0 aliphatic rings. The van der Waals surface area contributed by atoms with Gasteiger partial charge in [-0.3, -0.25) is 15.1 Å². The van der Waals surface area contributed by atoms with Crippen molar-refractivity contribution in [3.63, 3.8) is 0 Å². The summed E-state index contributed by atoms with van der Waals surface area (Å²) in [6, 6.07) is 0. The molecule has 0 atom stereocenters. The van der Waals surface area contributed by atoms with Crippen LogP contribution in [0, 0.1) is 0 Å². The Balaban J connectivity index is 4.44. The number of amides is 1. The van der Waals surface area contributed by atoms with E-state index in [1.165, 1.54) is 0 Å². The summed E-state index contributed by atoms with van der Waals surface area (Å²) >= 11 is 0. The van der Waals surface area contributed by atoms with E-state index in [-0.39, 0.29) is 5.91 Å². The minimum absolute atomic E-state index is 0.147. The van der Waals surface area contributed by atoms with Gasteiger partial charge >= 0.3 is 0 Å². The molecule has 0 fully saturated rings. The van der Waals surface area contributed by atoms with Crippen LogP contribution in [0.1, 0.15) is 27.7 Å². The van der Waals surface area contributed by atoms with Gasteiger partial charge in [0.1, 0.15) is 0 Å². The number of hydrogen-bond acceptors (Lipinski definition) is 3. The molecule has 0 bridgehead atoms. The van der Waals surface area contributed by atoms with Crippen molar-refractivity contribution >= 4 is 5.91 Å². The Morgan fingerprint density at radius 1 is 1.42 bits per heavy atom. The topological polar surface area (TPSA) is 58.4 Å². The molecule has 0 saturated carbocycles. The van der Waals surface area contributed by atoms with Crippen LogP contribution in [0.3, 0.4) is 0 Å². The van der Waals surface area contributed by atoms with E-state index in [4.69, 9.17) is 5.84 Å². The van der Waals surface area contributed by atoms with E-state index < -0.39 is 5.54 Å². The lowest BCUT2D eigenvalue weighted by Gasteiger charge is -2.34. The number of nitrogens with two attached hydrogens (primary N) is 1. The van der Waals surface area contributed by atoms with Crippen molar-refractivity contribution < 1.29 is 4.79 Å². The van der Waals surface area contributed by atoms with Crippen LogP contribution < -0.4 is 11.3 Å². The van der Waals surface area contributed by atoms with Crippen molar-refractivity contribution in [2.75, 3.05) is 13.1 Å². The predicted octanol–water partition coefficient (Wildman–Crippen LogP) is 0.0967. The highest BCUT2D eigenvalue weighted by atomic mass is 16.2. The zero-order chi connectivity index (χ0) is 9.78. The van der Waals surface area contributed by atoms with Crippen molar-refractivity contribution in [2.45, 2.75) is 33.2 Å². The van der Waals surface area contributed by atoms with Gasteiger partial charge in [-0.1, -0.05) is 13.8 Å². The van der Waals surface area contributed by atoms with Crippen LogP contribution in [0.15, 0.2) is 0 Å². The Hall–Kier alpha value is -0.610. The van der Waals surface area contributed by atoms with Gasteiger partial charge in [0.25, 0.3) is 5.91 Å². The first-order chi connectivity index (χ1) is 5.50. The first-order valence-corrected chi connectivity index (χ1v) is 4.26. The minimum atomic E-state index is -0.516. The standard InChI is InChI=1S/C8H19N3O/c1-5-11(6-2)8(3,4)7(12)10-9/h5-6,9H2,1-4H3,(H,10,12). The zero-order valence-corrected chi connectivity index (χ0v) is 8.35. The van der Waals surface area contributed by atoms with Crippen LogP contribution in [0.25, 0.3) is 0 Å². The quantitative estimate of drug-likeness (QED) is 0.360. The van der Waals surface area contributed by atoms with Crippen molar-refractivity contribution in [2.24, 2.45) is 5.84 Å². The van der Waals surface area contributed by atoms with Crippen molar-refractivity contribution in [3.8, 4) is 0 Å². The van der Waals surface area contributed by atoms with E-state index >= 15 is 0 Å². The van der Waals surface area contributed by atoms with Gasteiger partial charge in [0.2, 0.25) is 0 Å². The highest BCUT2D eigenvalue weighted by Crippen LogP contribution is 2.12. The monoisotopic (exact) mass is 173 g/mol. The highest BCUT2D eigenvalue weighted by molar-refractivity contribution is 5.84. The first-order valence-electron chi connectivity index (χ1n) is 4.26. The van der Waals surface area contributed by atoms with Gasteiger partial charge < -0.3 is 0 Å². The van der Waals surface area contributed by atoms with Gasteiger partial charge in [0, 0.05) is 0 Å². The molecule has 0 aromatic rings. The summed E-state index contributed by atoms with van der Waals surface area (Å²) in [7, 11) is 0. The molecule has 12 heavy (non-hydrogen) atoms. The van der Waals surface area contributed by atoms with E-state index in [0.29, 0.717) is 0 Å². The van der Waals surface area contributed by atoms with Crippen LogP contribution in [0.2, 0.25) is 0 Å².